The lowest BCUT2D eigenvalue weighted by atomic mass is 9.34. The van der Waals surface area contributed by atoms with Crippen LogP contribution in [0.2, 0.25) is 0 Å². The van der Waals surface area contributed by atoms with Crippen molar-refractivity contribution in [2.45, 2.75) is 95.7 Å². The Balaban J connectivity index is 0.996. The minimum atomic E-state index is -1.51. The van der Waals surface area contributed by atoms with Crippen LogP contribution in [0.15, 0.2) is 48.1 Å². The molecule has 0 aromatic heterocycles. The first-order valence-electron chi connectivity index (χ1n) is 17.2. The van der Waals surface area contributed by atoms with Crippen LogP contribution < -0.4 is 4.74 Å². The maximum atomic E-state index is 14.8. The third-order valence-electron chi connectivity index (χ3n) is 15.7. The molecule has 8 nitrogen and oxygen atoms in total. The average molecular weight is 627 g/mol. The number of para-hydroxylation sites is 1. The monoisotopic (exact) mass is 626 g/mol. The quantitative estimate of drug-likeness (QED) is 0.340. The summed E-state index contributed by atoms with van der Waals surface area (Å²) in [5.74, 6) is -1.20. The Labute approximate surface area is 268 Å². The van der Waals surface area contributed by atoms with Crippen molar-refractivity contribution < 1.29 is 38.8 Å². The third-order valence-corrected chi connectivity index (χ3v) is 15.7. The predicted octanol–water partition coefficient (Wildman–Crippen LogP) is 4.72. The van der Waals surface area contributed by atoms with E-state index >= 15 is 0 Å². The summed E-state index contributed by atoms with van der Waals surface area (Å²) in [5.41, 5.74) is -2.22. The van der Waals surface area contributed by atoms with Crippen molar-refractivity contribution in [3.63, 3.8) is 0 Å². The molecule has 10 rings (SSSR count). The summed E-state index contributed by atoms with van der Waals surface area (Å²) in [5, 5.41) is 21.5. The largest absolute Gasteiger partial charge is 0.474 e. The third kappa shape index (κ3) is 2.66. The van der Waals surface area contributed by atoms with Crippen molar-refractivity contribution in [2.75, 3.05) is 6.61 Å². The number of aliphatic hydroxyl groups is 2. The number of benzene rings is 1. The van der Waals surface area contributed by atoms with Gasteiger partial charge >= 0.3 is 5.97 Å². The number of ether oxygens (including phenoxy) is 3. The molecule has 0 unspecified atom stereocenters. The number of rotatable bonds is 1. The van der Waals surface area contributed by atoms with Crippen LogP contribution in [0, 0.1) is 50.7 Å². The molecule has 0 bridgehead atoms. The summed E-state index contributed by atoms with van der Waals surface area (Å²) >= 11 is 0. The lowest BCUT2D eigenvalue weighted by molar-refractivity contribution is -0.223. The van der Waals surface area contributed by atoms with E-state index in [0.29, 0.717) is 29.9 Å². The first-order valence-corrected chi connectivity index (χ1v) is 17.2. The van der Waals surface area contributed by atoms with Gasteiger partial charge < -0.3 is 24.4 Å². The number of carbonyl (C=O) groups excluding carboxylic acids is 3. The van der Waals surface area contributed by atoms with Crippen molar-refractivity contribution in [2.24, 2.45) is 50.7 Å². The fourth-order valence-corrected chi connectivity index (χ4v) is 13.6. The summed E-state index contributed by atoms with van der Waals surface area (Å²) in [6, 6.07) is 7.52. The number of allylic oxidation sites excluding steroid dienone is 3. The Morgan fingerprint density at radius 2 is 1.78 bits per heavy atom. The molecule has 3 aliphatic heterocycles. The van der Waals surface area contributed by atoms with E-state index in [2.05, 4.69) is 39.0 Å². The van der Waals surface area contributed by atoms with Gasteiger partial charge in [0, 0.05) is 30.1 Å². The molecular formula is C38H42O8. The molecule has 46 heavy (non-hydrogen) atoms. The predicted molar refractivity (Wildman–Crippen MR) is 163 cm³/mol. The Morgan fingerprint density at radius 1 is 1.00 bits per heavy atom. The van der Waals surface area contributed by atoms with Crippen LogP contribution >= 0.6 is 0 Å². The second kappa shape index (κ2) is 7.74. The molecule has 0 radical (unpaired) electrons. The van der Waals surface area contributed by atoms with Gasteiger partial charge in [0.2, 0.25) is 11.6 Å². The van der Waals surface area contributed by atoms with Gasteiger partial charge in [-0.3, -0.25) is 14.4 Å². The number of carbonyl (C=O) groups is 3. The highest BCUT2D eigenvalue weighted by Crippen LogP contribution is 2.89. The van der Waals surface area contributed by atoms with Crippen LogP contribution in [0.5, 0.6) is 5.75 Å². The second-order valence-electron chi connectivity index (χ2n) is 17.4. The summed E-state index contributed by atoms with van der Waals surface area (Å²) in [6.45, 7) is 8.25. The van der Waals surface area contributed by atoms with Crippen molar-refractivity contribution in [3.8, 4) is 5.75 Å². The van der Waals surface area contributed by atoms with E-state index in [-0.39, 0.29) is 64.2 Å². The Morgan fingerprint density at radius 3 is 2.52 bits per heavy atom. The number of hydrogen-bond donors (Lipinski definition) is 2. The minimum Gasteiger partial charge on any atom is -0.474 e. The lowest BCUT2D eigenvalue weighted by Crippen LogP contribution is -2.70. The fourth-order valence-electron chi connectivity index (χ4n) is 13.6. The zero-order valence-electron chi connectivity index (χ0n) is 26.9. The van der Waals surface area contributed by atoms with E-state index in [1.165, 1.54) is 6.92 Å². The highest BCUT2D eigenvalue weighted by molar-refractivity contribution is 6.11. The van der Waals surface area contributed by atoms with Crippen molar-refractivity contribution in [3.05, 3.63) is 53.6 Å². The van der Waals surface area contributed by atoms with Crippen LogP contribution in [0.1, 0.15) is 83.0 Å². The number of aliphatic hydroxyl groups excluding tert-OH is 1. The van der Waals surface area contributed by atoms with Crippen LogP contribution in [-0.2, 0) is 19.1 Å². The van der Waals surface area contributed by atoms with Gasteiger partial charge in [-0.15, -0.1) is 0 Å². The van der Waals surface area contributed by atoms with Gasteiger partial charge in [0.15, 0.2) is 5.60 Å². The summed E-state index contributed by atoms with van der Waals surface area (Å²) in [6.07, 6.45) is 10.3. The average Bonchev–Trinajstić information content (AvgIpc) is 3.14. The van der Waals surface area contributed by atoms with Gasteiger partial charge in [0.05, 0.1) is 18.1 Å². The molecular weight excluding hydrogens is 584 g/mol. The summed E-state index contributed by atoms with van der Waals surface area (Å²) in [7, 11) is 0. The SMILES string of the molecule is C[C@]12CC=C3[C@@]4(C[C@]3(C)[C@@H]1CC(=O)[C@]1(C)[C@@H]2C=C[C@]23C[C@@]21CC[C@@H]3[C@@H]1C[C@@]2(OC[C@](C)(O)[C@H]2O)OC1=O)Oc1ccccc1C4=O. The molecule has 0 amide bonds. The molecule has 2 saturated heterocycles. The van der Waals surface area contributed by atoms with Crippen LogP contribution in [0.25, 0.3) is 0 Å². The standard InChI is InChI=1S/C38H42O8/c1-31-12-10-25-32(2,17-37(25)28(40)20-7-5-6-8-23(20)45-37)26(31)15-27(39)34(4)24(31)11-13-35-18-36(34,35)14-9-22(35)21-16-38(46-29(21)41)30(42)33(3,43)19-44-38/h5-8,10-11,13,21-22,24,26,30,42-43H,9,12,14-19H2,1-4H3/t21-,22+,24+,26+,30+,31+,32-,33-,34-,35+,36+,37+,38+/m0/s1. The number of Topliss-reactive ketones (excluding diaryl/α,β-unsaturated/α-hetero) is 2. The summed E-state index contributed by atoms with van der Waals surface area (Å²) in [4.78, 5) is 42.0. The molecule has 2 spiro atoms. The van der Waals surface area contributed by atoms with Crippen molar-refractivity contribution in [1.82, 2.24) is 0 Å². The lowest BCUT2D eigenvalue weighted by Gasteiger charge is -2.69. The molecule has 9 aliphatic rings. The van der Waals surface area contributed by atoms with Gasteiger partial charge in [0.1, 0.15) is 23.2 Å². The summed E-state index contributed by atoms with van der Waals surface area (Å²) < 4.78 is 18.0. The Kier molecular flexibility index (Phi) is 4.75. The molecule has 1 aromatic carbocycles. The Hall–Kier alpha value is -2.81. The molecule has 6 fully saturated rings. The van der Waals surface area contributed by atoms with E-state index in [4.69, 9.17) is 14.2 Å². The van der Waals surface area contributed by atoms with Gasteiger partial charge in [-0.2, -0.15) is 0 Å². The van der Waals surface area contributed by atoms with Gasteiger partial charge in [-0.25, -0.2) is 0 Å². The number of hydrogen-bond acceptors (Lipinski definition) is 8. The normalized spacial score (nSPS) is 56.7. The van der Waals surface area contributed by atoms with Crippen LogP contribution in [0.3, 0.4) is 0 Å². The first-order chi connectivity index (χ1) is 21.6. The van der Waals surface area contributed by atoms with Crippen molar-refractivity contribution >= 4 is 17.5 Å². The number of esters is 1. The fraction of sp³-hybridized carbons (Fsp3) is 0.658. The molecule has 8 heteroatoms. The van der Waals surface area contributed by atoms with Gasteiger partial charge in [-0.1, -0.05) is 51.1 Å². The molecule has 6 aliphatic carbocycles. The highest BCUT2D eigenvalue weighted by atomic mass is 16.7. The van der Waals surface area contributed by atoms with Gasteiger partial charge in [-0.05, 0) is 84.3 Å². The van der Waals surface area contributed by atoms with E-state index in [1.807, 2.05) is 24.3 Å². The van der Waals surface area contributed by atoms with Crippen molar-refractivity contribution in [1.29, 1.82) is 0 Å². The zero-order valence-corrected chi connectivity index (χ0v) is 26.9. The molecule has 4 saturated carbocycles. The number of ketones is 2. The van der Waals surface area contributed by atoms with E-state index in [9.17, 15) is 24.6 Å². The molecule has 1 aromatic rings. The van der Waals surface area contributed by atoms with Crippen LogP contribution in [0.4, 0.5) is 0 Å². The van der Waals surface area contributed by atoms with Crippen LogP contribution in [-0.4, -0.2) is 57.4 Å². The zero-order chi connectivity index (χ0) is 32.1. The molecule has 3 heterocycles. The molecule has 2 N–H and O–H groups in total. The smallest absolute Gasteiger partial charge is 0.312 e. The topological polar surface area (TPSA) is 119 Å². The van der Waals surface area contributed by atoms with E-state index < -0.39 is 34.4 Å². The first kappa shape index (κ1) is 28.2. The van der Waals surface area contributed by atoms with Gasteiger partial charge in [0.25, 0.3) is 0 Å². The van der Waals surface area contributed by atoms with E-state index in [0.717, 1.165) is 31.3 Å². The van der Waals surface area contributed by atoms with E-state index in [1.54, 1.807) is 0 Å². The second-order valence-corrected chi connectivity index (χ2v) is 17.4. The highest BCUT2D eigenvalue weighted by Gasteiger charge is 2.86. The molecule has 242 valence electrons. The minimum absolute atomic E-state index is 0.0119. The maximum absolute atomic E-state index is 14.8. The number of fused-ring (bicyclic) bond motifs is 7. The maximum Gasteiger partial charge on any atom is 0.312 e. The molecule has 13 atom stereocenters. The Bertz CT molecular complexity index is 1760.